The fourth-order valence-electron chi connectivity index (χ4n) is 3.59. The molecule has 0 saturated carbocycles. The summed E-state index contributed by atoms with van der Waals surface area (Å²) in [5.74, 6) is -0.120. The van der Waals surface area contributed by atoms with E-state index >= 15 is 0 Å². The summed E-state index contributed by atoms with van der Waals surface area (Å²) in [5, 5.41) is 8.42. The Bertz CT molecular complexity index is 914. The highest BCUT2D eigenvalue weighted by molar-refractivity contribution is 5.93. The summed E-state index contributed by atoms with van der Waals surface area (Å²) >= 11 is 0. The smallest absolute Gasteiger partial charge is 0.319 e. The average Bonchev–Trinajstić information content (AvgIpc) is 3.15. The number of hydrogen-bond donors (Lipinski definition) is 3. The Morgan fingerprint density at radius 1 is 1.03 bits per heavy atom. The summed E-state index contributed by atoms with van der Waals surface area (Å²) in [6.07, 6.45) is 1.53. The van der Waals surface area contributed by atoms with Gasteiger partial charge in [0.15, 0.2) is 0 Å². The Balaban J connectivity index is 1.54. The molecule has 4 amide bonds. The molecule has 1 unspecified atom stereocenters. The molecule has 7 heteroatoms. The molecule has 1 aliphatic rings. The van der Waals surface area contributed by atoms with Gasteiger partial charge in [0.25, 0.3) is 0 Å². The first kappa shape index (κ1) is 22.3. The highest BCUT2D eigenvalue weighted by atomic mass is 16.2. The highest BCUT2D eigenvalue weighted by Crippen LogP contribution is 2.15. The van der Waals surface area contributed by atoms with Gasteiger partial charge in [0.05, 0.1) is 0 Å². The molecule has 0 radical (unpaired) electrons. The number of nitrogens with one attached hydrogen (secondary N) is 3. The van der Waals surface area contributed by atoms with E-state index < -0.39 is 12.1 Å². The van der Waals surface area contributed by atoms with Crippen molar-refractivity contribution in [2.45, 2.75) is 45.8 Å². The van der Waals surface area contributed by atoms with Crippen molar-refractivity contribution in [1.29, 1.82) is 0 Å². The van der Waals surface area contributed by atoms with Crippen LogP contribution in [0.2, 0.25) is 0 Å². The second kappa shape index (κ2) is 10.6. The van der Waals surface area contributed by atoms with Gasteiger partial charge in [-0.3, -0.25) is 9.59 Å². The largest absolute Gasteiger partial charge is 0.350 e. The minimum atomic E-state index is -0.658. The van der Waals surface area contributed by atoms with Crippen LogP contribution in [-0.2, 0) is 22.7 Å². The zero-order chi connectivity index (χ0) is 22.2. The van der Waals surface area contributed by atoms with E-state index in [1.165, 1.54) is 0 Å². The zero-order valence-corrected chi connectivity index (χ0v) is 18.1. The minimum Gasteiger partial charge on any atom is -0.350 e. The lowest BCUT2D eigenvalue weighted by Gasteiger charge is -2.22. The molecule has 0 aromatic heterocycles. The van der Waals surface area contributed by atoms with Crippen LogP contribution in [0.15, 0.2) is 54.6 Å². The normalized spacial score (nSPS) is 14.4. The fraction of sp³-hybridized carbons (Fsp3) is 0.375. The number of rotatable bonds is 8. The molecule has 1 fully saturated rings. The molecule has 3 rings (SSSR count). The number of para-hydroxylation sites is 1. The Kier molecular flexibility index (Phi) is 7.65. The van der Waals surface area contributed by atoms with Gasteiger partial charge >= 0.3 is 6.03 Å². The van der Waals surface area contributed by atoms with Crippen LogP contribution in [-0.4, -0.2) is 35.3 Å². The quantitative estimate of drug-likeness (QED) is 0.610. The van der Waals surface area contributed by atoms with Crippen LogP contribution >= 0.6 is 0 Å². The molecule has 1 heterocycles. The van der Waals surface area contributed by atoms with Crippen molar-refractivity contribution in [2.75, 3.05) is 11.9 Å². The van der Waals surface area contributed by atoms with Crippen molar-refractivity contribution in [3.8, 4) is 0 Å². The number of carbonyl (C=O) groups excluding carboxylic acids is 3. The van der Waals surface area contributed by atoms with E-state index in [1.54, 1.807) is 12.1 Å². The summed E-state index contributed by atoms with van der Waals surface area (Å²) in [7, 11) is 0. The maximum atomic E-state index is 12.7. The van der Waals surface area contributed by atoms with Crippen molar-refractivity contribution >= 4 is 23.5 Å². The molecule has 1 saturated heterocycles. The minimum absolute atomic E-state index is 0.0750. The Labute approximate surface area is 183 Å². The molecule has 0 spiro atoms. The molecule has 164 valence electrons. The number of anilines is 1. The van der Waals surface area contributed by atoms with E-state index in [4.69, 9.17) is 0 Å². The molecule has 1 aliphatic heterocycles. The molecule has 3 N–H and O–H groups in total. The number of carbonyl (C=O) groups is 3. The summed E-state index contributed by atoms with van der Waals surface area (Å²) in [4.78, 5) is 38.8. The summed E-state index contributed by atoms with van der Waals surface area (Å²) in [6, 6.07) is 15.9. The maximum absolute atomic E-state index is 12.7. The number of nitrogens with zero attached hydrogens (tertiary/aromatic N) is 1. The molecule has 0 aliphatic carbocycles. The van der Waals surface area contributed by atoms with Crippen LogP contribution in [0.4, 0.5) is 10.5 Å². The number of amides is 4. The summed E-state index contributed by atoms with van der Waals surface area (Å²) < 4.78 is 0. The lowest BCUT2D eigenvalue weighted by molar-refractivity contribution is -0.128. The van der Waals surface area contributed by atoms with Gasteiger partial charge in [0, 0.05) is 31.7 Å². The van der Waals surface area contributed by atoms with E-state index in [-0.39, 0.29) is 17.7 Å². The van der Waals surface area contributed by atoms with Gasteiger partial charge in [-0.15, -0.1) is 0 Å². The van der Waals surface area contributed by atoms with Crippen LogP contribution in [0.5, 0.6) is 0 Å². The van der Waals surface area contributed by atoms with Crippen LogP contribution in [0.1, 0.15) is 37.8 Å². The molecule has 2 aromatic rings. The van der Waals surface area contributed by atoms with Gasteiger partial charge in [-0.05, 0) is 35.6 Å². The monoisotopic (exact) mass is 422 g/mol. The second-order valence-electron chi connectivity index (χ2n) is 8.14. The van der Waals surface area contributed by atoms with Gasteiger partial charge in [0.2, 0.25) is 11.8 Å². The van der Waals surface area contributed by atoms with E-state index in [2.05, 4.69) is 16.0 Å². The van der Waals surface area contributed by atoms with Gasteiger partial charge < -0.3 is 20.9 Å². The lowest BCUT2D eigenvalue weighted by atomic mass is 10.0. The Morgan fingerprint density at radius 2 is 1.77 bits per heavy atom. The zero-order valence-electron chi connectivity index (χ0n) is 18.1. The van der Waals surface area contributed by atoms with Crippen molar-refractivity contribution in [3.63, 3.8) is 0 Å². The average molecular weight is 423 g/mol. The molecular weight excluding hydrogens is 392 g/mol. The number of hydrogen-bond acceptors (Lipinski definition) is 3. The van der Waals surface area contributed by atoms with E-state index in [1.807, 2.05) is 61.2 Å². The second-order valence-corrected chi connectivity index (χ2v) is 8.14. The predicted molar refractivity (Wildman–Crippen MR) is 120 cm³/mol. The maximum Gasteiger partial charge on any atom is 0.319 e. The van der Waals surface area contributed by atoms with Crippen LogP contribution in [0.25, 0.3) is 0 Å². The first-order chi connectivity index (χ1) is 14.9. The standard InChI is InChI=1S/C24H30N4O3/c1-17(2)22(27-24(31)26-20-10-4-3-5-11-20)23(30)25-15-18-8-6-9-19(14-18)16-28-13-7-12-21(28)29/h3-6,8-11,14,17,22H,7,12-13,15-16H2,1-2H3,(H,25,30)(H2,26,27,31). The first-order valence-electron chi connectivity index (χ1n) is 10.7. The van der Waals surface area contributed by atoms with E-state index in [9.17, 15) is 14.4 Å². The number of likely N-dealkylation sites (tertiary alicyclic amines) is 1. The van der Waals surface area contributed by atoms with Crippen molar-refractivity contribution in [1.82, 2.24) is 15.5 Å². The molecule has 7 nitrogen and oxygen atoms in total. The summed E-state index contributed by atoms with van der Waals surface area (Å²) in [6.45, 7) is 5.52. The molecular formula is C24H30N4O3. The van der Waals surface area contributed by atoms with E-state index in [0.29, 0.717) is 25.2 Å². The van der Waals surface area contributed by atoms with Crippen LogP contribution < -0.4 is 16.0 Å². The predicted octanol–water partition coefficient (Wildman–Crippen LogP) is 3.27. The van der Waals surface area contributed by atoms with Crippen molar-refractivity contribution < 1.29 is 14.4 Å². The number of benzene rings is 2. The van der Waals surface area contributed by atoms with E-state index in [0.717, 1.165) is 24.1 Å². The molecule has 31 heavy (non-hydrogen) atoms. The third-order valence-electron chi connectivity index (χ3n) is 5.27. The molecule has 2 aromatic carbocycles. The van der Waals surface area contributed by atoms with Crippen LogP contribution in [0, 0.1) is 5.92 Å². The SMILES string of the molecule is CC(C)C(NC(=O)Nc1ccccc1)C(=O)NCc1cccc(CN2CCCC2=O)c1. The topological polar surface area (TPSA) is 90.5 Å². The van der Waals surface area contributed by atoms with Gasteiger partial charge in [-0.1, -0.05) is 56.3 Å². The molecule has 0 bridgehead atoms. The fourth-order valence-corrected chi connectivity index (χ4v) is 3.59. The highest BCUT2D eigenvalue weighted by Gasteiger charge is 2.24. The number of urea groups is 1. The third kappa shape index (κ3) is 6.57. The third-order valence-corrected chi connectivity index (χ3v) is 5.27. The van der Waals surface area contributed by atoms with Gasteiger partial charge in [-0.2, -0.15) is 0 Å². The van der Waals surface area contributed by atoms with Gasteiger partial charge in [-0.25, -0.2) is 4.79 Å². The van der Waals surface area contributed by atoms with Gasteiger partial charge in [0.1, 0.15) is 6.04 Å². The molecule has 1 atom stereocenters. The van der Waals surface area contributed by atoms with Crippen molar-refractivity contribution in [2.24, 2.45) is 5.92 Å². The first-order valence-corrected chi connectivity index (χ1v) is 10.7. The Morgan fingerprint density at radius 3 is 2.45 bits per heavy atom. The van der Waals surface area contributed by atoms with Crippen molar-refractivity contribution in [3.05, 3.63) is 65.7 Å². The lowest BCUT2D eigenvalue weighted by Crippen LogP contribution is -2.50. The van der Waals surface area contributed by atoms with Crippen LogP contribution in [0.3, 0.4) is 0 Å². The summed E-state index contributed by atoms with van der Waals surface area (Å²) in [5.41, 5.74) is 2.66. The Hall–Kier alpha value is -3.35.